The number of carbonyl (C=O) groups is 1. The van der Waals surface area contributed by atoms with Gasteiger partial charge in [-0.1, -0.05) is 71.3 Å². The molecule has 1 aliphatic heterocycles. The van der Waals surface area contributed by atoms with Crippen molar-refractivity contribution < 1.29 is 24.1 Å². The van der Waals surface area contributed by atoms with Crippen LogP contribution in [0.1, 0.15) is 85.0 Å². The molecule has 1 fully saturated rings. The Bertz CT molecular complexity index is 291. The van der Waals surface area contributed by atoms with E-state index < -0.39 is 0 Å². The molecule has 0 radical (unpaired) electrons. The van der Waals surface area contributed by atoms with Gasteiger partial charge in [-0.25, -0.2) is 4.79 Å². The summed E-state index contributed by atoms with van der Waals surface area (Å²) in [7, 11) is 0. The number of carbonyl (C=O) groups excluding carboxylic acids is 1. The molecule has 0 bridgehead atoms. The van der Waals surface area contributed by atoms with Crippen LogP contribution in [-0.4, -0.2) is 50.2 Å². The van der Waals surface area contributed by atoms with Gasteiger partial charge in [0.25, 0.3) is 0 Å². The third kappa shape index (κ3) is 30.1. The first-order chi connectivity index (χ1) is 13.2. The lowest BCUT2D eigenvalue weighted by molar-refractivity contribution is -0.138. The van der Waals surface area contributed by atoms with Crippen LogP contribution in [0, 0.1) is 0 Å². The van der Waals surface area contributed by atoms with Gasteiger partial charge >= 0.3 is 5.97 Å². The van der Waals surface area contributed by atoms with E-state index in [-0.39, 0.29) is 12.1 Å². The number of esters is 1. The lowest BCUT2D eigenvalue weighted by Crippen LogP contribution is -2.06. The third-order valence-corrected chi connectivity index (χ3v) is 3.90. The number of rotatable bonds is 15. The van der Waals surface area contributed by atoms with Gasteiger partial charge in [0.2, 0.25) is 0 Å². The fourth-order valence-electron chi connectivity index (χ4n) is 2.20. The number of hydrogen-bond acceptors (Lipinski definition) is 5. The SMILES string of the molecule is C=CC(=O)OCC1CO1.CCCCCCCCCCCCO.CCOCC. The zero-order valence-corrected chi connectivity index (χ0v) is 18.0. The van der Waals surface area contributed by atoms with Gasteiger partial charge < -0.3 is 19.3 Å². The fraction of sp³-hybridized carbons (Fsp3) is 0.864. The fourth-order valence-corrected chi connectivity index (χ4v) is 2.20. The van der Waals surface area contributed by atoms with Crippen LogP contribution >= 0.6 is 0 Å². The van der Waals surface area contributed by atoms with E-state index in [2.05, 4.69) is 18.2 Å². The van der Waals surface area contributed by atoms with E-state index in [1.165, 1.54) is 57.8 Å². The van der Waals surface area contributed by atoms with Gasteiger partial charge in [0, 0.05) is 25.9 Å². The number of unbranched alkanes of at least 4 members (excludes halogenated alkanes) is 9. The predicted octanol–water partition coefficient (Wildman–Crippen LogP) is 5.06. The molecule has 5 heteroatoms. The third-order valence-electron chi connectivity index (χ3n) is 3.90. The maximum absolute atomic E-state index is 10.3. The lowest BCUT2D eigenvalue weighted by Gasteiger charge is -2.00. The smallest absolute Gasteiger partial charge is 0.330 e. The summed E-state index contributed by atoms with van der Waals surface area (Å²) in [5, 5.41) is 8.57. The Morgan fingerprint density at radius 2 is 1.48 bits per heavy atom. The summed E-state index contributed by atoms with van der Waals surface area (Å²) >= 11 is 0. The van der Waals surface area contributed by atoms with Crippen LogP contribution in [0.2, 0.25) is 0 Å². The second-order valence-corrected chi connectivity index (χ2v) is 6.48. The second-order valence-electron chi connectivity index (χ2n) is 6.48. The van der Waals surface area contributed by atoms with E-state index in [0.717, 1.165) is 25.7 Å². The molecular formula is C22H44O5. The van der Waals surface area contributed by atoms with Crippen LogP contribution in [0.3, 0.4) is 0 Å². The predicted molar refractivity (Wildman–Crippen MR) is 112 cm³/mol. The van der Waals surface area contributed by atoms with Crippen LogP contribution < -0.4 is 0 Å². The molecule has 1 heterocycles. The van der Waals surface area contributed by atoms with Crippen molar-refractivity contribution in [1.82, 2.24) is 0 Å². The first kappa shape index (κ1) is 28.3. The highest BCUT2D eigenvalue weighted by Gasteiger charge is 2.23. The van der Waals surface area contributed by atoms with Crippen molar-refractivity contribution >= 4 is 5.97 Å². The molecule has 1 unspecified atom stereocenters. The van der Waals surface area contributed by atoms with Crippen molar-refractivity contribution in [2.45, 2.75) is 91.1 Å². The van der Waals surface area contributed by atoms with Gasteiger partial charge in [-0.15, -0.1) is 0 Å². The Kier molecular flexibility index (Phi) is 26.3. The largest absolute Gasteiger partial charge is 0.460 e. The molecule has 0 aromatic carbocycles. The van der Waals surface area contributed by atoms with E-state index in [9.17, 15) is 4.79 Å². The summed E-state index contributed by atoms with van der Waals surface area (Å²) in [6, 6.07) is 0. The molecule has 5 nitrogen and oxygen atoms in total. The molecule has 1 aliphatic rings. The summed E-state index contributed by atoms with van der Waals surface area (Å²) in [4.78, 5) is 10.3. The van der Waals surface area contributed by atoms with Gasteiger partial charge in [-0.05, 0) is 20.3 Å². The van der Waals surface area contributed by atoms with Crippen LogP contribution in [0.15, 0.2) is 12.7 Å². The van der Waals surface area contributed by atoms with Gasteiger partial charge in [-0.3, -0.25) is 0 Å². The van der Waals surface area contributed by atoms with Crippen molar-refractivity contribution in [3.05, 3.63) is 12.7 Å². The molecule has 1 atom stereocenters. The quantitative estimate of drug-likeness (QED) is 0.184. The zero-order valence-electron chi connectivity index (χ0n) is 18.0. The van der Waals surface area contributed by atoms with E-state index >= 15 is 0 Å². The average Bonchev–Trinajstić information content (AvgIpc) is 3.51. The van der Waals surface area contributed by atoms with E-state index in [4.69, 9.17) is 14.6 Å². The highest BCUT2D eigenvalue weighted by molar-refractivity contribution is 5.81. The maximum atomic E-state index is 10.3. The summed E-state index contributed by atoms with van der Waals surface area (Å²) in [6.45, 7) is 12.6. The topological polar surface area (TPSA) is 68.3 Å². The molecule has 27 heavy (non-hydrogen) atoms. The molecular weight excluding hydrogens is 344 g/mol. The minimum atomic E-state index is -0.384. The highest BCUT2D eigenvalue weighted by atomic mass is 16.6. The van der Waals surface area contributed by atoms with Crippen molar-refractivity contribution in [3.8, 4) is 0 Å². The first-order valence-corrected chi connectivity index (χ1v) is 10.7. The van der Waals surface area contributed by atoms with Gasteiger partial charge in [0.15, 0.2) is 0 Å². The van der Waals surface area contributed by atoms with Crippen LogP contribution in [0.4, 0.5) is 0 Å². The number of aliphatic hydroxyl groups is 1. The van der Waals surface area contributed by atoms with Gasteiger partial charge in [-0.2, -0.15) is 0 Å². The molecule has 0 spiro atoms. The van der Waals surface area contributed by atoms with Crippen molar-refractivity contribution in [2.24, 2.45) is 0 Å². The minimum absolute atomic E-state index is 0.147. The minimum Gasteiger partial charge on any atom is -0.460 e. The average molecular weight is 389 g/mol. The Hall–Kier alpha value is -0.910. The summed E-state index contributed by atoms with van der Waals surface area (Å²) in [5.74, 6) is -0.384. The summed E-state index contributed by atoms with van der Waals surface area (Å²) in [6.07, 6.45) is 14.6. The molecule has 1 N–H and O–H groups in total. The molecule has 1 saturated heterocycles. The Labute approximate surface area is 167 Å². The van der Waals surface area contributed by atoms with Crippen molar-refractivity contribution in [1.29, 1.82) is 0 Å². The van der Waals surface area contributed by atoms with E-state index in [1.54, 1.807) is 0 Å². The zero-order chi connectivity index (χ0) is 20.6. The Balaban J connectivity index is 0. The molecule has 0 aromatic rings. The first-order valence-electron chi connectivity index (χ1n) is 10.7. The lowest BCUT2D eigenvalue weighted by atomic mass is 10.1. The maximum Gasteiger partial charge on any atom is 0.330 e. The number of ether oxygens (including phenoxy) is 3. The van der Waals surface area contributed by atoms with Crippen LogP contribution in [-0.2, 0) is 19.0 Å². The van der Waals surface area contributed by atoms with Crippen molar-refractivity contribution in [3.63, 3.8) is 0 Å². The number of hydrogen-bond donors (Lipinski definition) is 1. The van der Waals surface area contributed by atoms with Crippen LogP contribution in [0.25, 0.3) is 0 Å². The van der Waals surface area contributed by atoms with Gasteiger partial charge in [0.1, 0.15) is 12.7 Å². The van der Waals surface area contributed by atoms with E-state index in [0.29, 0.717) is 19.8 Å². The molecule has 162 valence electrons. The molecule has 0 aromatic heterocycles. The summed E-state index contributed by atoms with van der Waals surface area (Å²) in [5.41, 5.74) is 0. The van der Waals surface area contributed by atoms with Crippen molar-refractivity contribution in [2.75, 3.05) is 33.0 Å². The molecule has 1 rings (SSSR count). The second kappa shape index (κ2) is 25.1. The van der Waals surface area contributed by atoms with Gasteiger partial charge in [0.05, 0.1) is 6.61 Å². The Morgan fingerprint density at radius 3 is 1.81 bits per heavy atom. The van der Waals surface area contributed by atoms with Crippen LogP contribution in [0.5, 0.6) is 0 Å². The summed E-state index contributed by atoms with van der Waals surface area (Å²) < 4.78 is 14.3. The normalized spacial score (nSPS) is 14.3. The standard InChI is InChI=1S/C12H26O.C6H8O3.C4H10O/c1-2-3-4-5-6-7-8-9-10-11-12-13;1-2-6(7)9-4-5-3-8-5;1-3-5-4-2/h13H,2-12H2,1H3;2,5H,1,3-4H2;3-4H2,1-2H3. The van der Waals surface area contributed by atoms with E-state index in [1.807, 2.05) is 13.8 Å². The molecule has 0 aliphatic carbocycles. The Morgan fingerprint density at radius 1 is 1.00 bits per heavy atom. The number of epoxide rings is 1. The molecule has 0 saturated carbocycles. The highest BCUT2D eigenvalue weighted by Crippen LogP contribution is 2.10. The number of aliphatic hydroxyl groups excluding tert-OH is 1. The molecule has 0 amide bonds. The monoisotopic (exact) mass is 388 g/mol.